The lowest BCUT2D eigenvalue weighted by atomic mass is 10.6. The molecule has 0 amide bonds. The first-order chi connectivity index (χ1) is 8.74. The molecule has 0 heterocycles. The largest absolute Gasteiger partial charge is 0.500 e. The van der Waals surface area contributed by atoms with E-state index in [1.165, 1.54) is 11.0 Å². The van der Waals surface area contributed by atoms with Crippen LogP contribution in [0, 0.1) is 0 Å². The molecule has 0 spiro atoms. The first-order valence-electron chi connectivity index (χ1n) is 5.98. The molecule has 18 heavy (non-hydrogen) atoms. The lowest BCUT2D eigenvalue weighted by Gasteiger charge is -2.28. The summed E-state index contributed by atoms with van der Waals surface area (Å²) in [5, 5.41) is 5.32. The molecule has 0 saturated carbocycles. The average Bonchev–Trinajstić information content (AvgIpc) is 2.35. The molecule has 0 aliphatic rings. The van der Waals surface area contributed by atoms with Crippen LogP contribution < -0.4 is 5.14 Å². The number of rotatable bonds is 13. The Morgan fingerprint density at radius 3 is 1.94 bits per heavy atom. The average molecular weight is 350 g/mol. The van der Waals surface area contributed by atoms with Gasteiger partial charge < -0.3 is 13.3 Å². The standard InChI is InChI=1S/C9H23NO3S4Si/c1-4-11-18(12-5-2,13-6-3)9-7-8-14-16-17-15-10/h4-10H2,1-3H3. The summed E-state index contributed by atoms with van der Waals surface area (Å²) in [7, 11) is 3.96. The Labute approximate surface area is 127 Å². The van der Waals surface area contributed by atoms with Gasteiger partial charge in [-0.3, -0.25) is 5.14 Å². The molecule has 0 aliphatic heterocycles. The Hall–Kier alpha value is 1.46. The lowest BCUT2D eigenvalue weighted by Crippen LogP contribution is -2.46. The van der Waals surface area contributed by atoms with E-state index >= 15 is 0 Å². The normalized spacial score (nSPS) is 12.0. The van der Waals surface area contributed by atoms with Gasteiger partial charge in [-0.15, -0.1) is 0 Å². The smallest absolute Gasteiger partial charge is 0.374 e. The van der Waals surface area contributed by atoms with E-state index in [2.05, 4.69) is 0 Å². The van der Waals surface area contributed by atoms with Gasteiger partial charge in [0.15, 0.2) is 0 Å². The van der Waals surface area contributed by atoms with Gasteiger partial charge in [0.25, 0.3) is 0 Å². The van der Waals surface area contributed by atoms with Crippen LogP contribution in [0.4, 0.5) is 0 Å². The summed E-state index contributed by atoms with van der Waals surface area (Å²) in [4.78, 5) is 0. The molecule has 0 aromatic heterocycles. The van der Waals surface area contributed by atoms with Gasteiger partial charge in [-0.1, -0.05) is 10.8 Å². The summed E-state index contributed by atoms with van der Waals surface area (Å²) in [5.41, 5.74) is 0. The second-order valence-corrected chi connectivity index (χ2v) is 11.5. The topological polar surface area (TPSA) is 53.7 Å². The van der Waals surface area contributed by atoms with Crippen LogP contribution in [0.15, 0.2) is 0 Å². The number of nitrogens with two attached hydrogens (primary N) is 1. The predicted molar refractivity (Wildman–Crippen MR) is 89.5 cm³/mol. The third-order valence-corrected chi connectivity index (χ3v) is 10.5. The number of hydrogen-bond donors (Lipinski definition) is 1. The summed E-state index contributed by atoms with van der Waals surface area (Å²) in [6.07, 6.45) is 1.04. The van der Waals surface area contributed by atoms with Crippen LogP contribution in [0.25, 0.3) is 0 Å². The van der Waals surface area contributed by atoms with E-state index < -0.39 is 8.80 Å². The summed E-state index contributed by atoms with van der Waals surface area (Å²) in [6.45, 7) is 7.90. The predicted octanol–water partition coefficient (Wildman–Crippen LogP) is 3.98. The fourth-order valence-corrected chi connectivity index (χ4v) is 8.64. The summed E-state index contributed by atoms with van der Waals surface area (Å²) in [6, 6.07) is 0.885. The van der Waals surface area contributed by atoms with Gasteiger partial charge in [-0.25, -0.2) is 0 Å². The fraction of sp³-hybridized carbons (Fsp3) is 1.00. The van der Waals surface area contributed by atoms with Crippen LogP contribution in [0.1, 0.15) is 27.2 Å². The molecule has 0 unspecified atom stereocenters. The molecule has 0 fully saturated rings. The van der Waals surface area contributed by atoms with E-state index in [-0.39, 0.29) is 0 Å². The van der Waals surface area contributed by atoms with Crippen molar-refractivity contribution >= 4 is 50.2 Å². The highest BCUT2D eigenvalue weighted by atomic mass is 33.7. The SMILES string of the molecule is CCO[Si](CCCSSSSN)(OCC)OCC. The highest BCUT2D eigenvalue weighted by Gasteiger charge is 2.39. The molecule has 4 nitrogen and oxygen atoms in total. The zero-order chi connectivity index (χ0) is 13.7. The van der Waals surface area contributed by atoms with Gasteiger partial charge in [0.1, 0.15) is 0 Å². The fourth-order valence-electron chi connectivity index (χ4n) is 1.42. The molecule has 0 aromatic rings. The third kappa shape index (κ3) is 9.37. The summed E-state index contributed by atoms with van der Waals surface area (Å²) in [5.74, 6) is 1.06. The molecule has 0 aromatic carbocycles. The maximum atomic E-state index is 5.79. The van der Waals surface area contributed by atoms with E-state index in [0.29, 0.717) is 19.8 Å². The van der Waals surface area contributed by atoms with Gasteiger partial charge in [0.05, 0.1) is 0 Å². The van der Waals surface area contributed by atoms with Gasteiger partial charge in [0, 0.05) is 41.4 Å². The zero-order valence-electron chi connectivity index (χ0n) is 11.2. The second kappa shape index (κ2) is 13.4. The summed E-state index contributed by atoms with van der Waals surface area (Å²) >= 11 is 0. The molecule has 0 rings (SSSR count). The first kappa shape index (κ1) is 19.5. The lowest BCUT2D eigenvalue weighted by molar-refractivity contribution is 0.0712. The highest BCUT2D eigenvalue weighted by Crippen LogP contribution is 2.40. The Balaban J connectivity index is 3.97. The first-order valence-corrected chi connectivity index (χ1v) is 13.0. The number of hydrogen-bond acceptors (Lipinski definition) is 8. The molecule has 0 atom stereocenters. The van der Waals surface area contributed by atoms with Crippen molar-refractivity contribution in [1.29, 1.82) is 0 Å². The van der Waals surface area contributed by atoms with E-state index in [0.717, 1.165) is 18.2 Å². The van der Waals surface area contributed by atoms with Crippen molar-refractivity contribution < 1.29 is 13.3 Å². The Bertz CT molecular complexity index is 176. The van der Waals surface area contributed by atoms with Crippen molar-refractivity contribution in [1.82, 2.24) is 0 Å². The maximum Gasteiger partial charge on any atom is 0.500 e. The van der Waals surface area contributed by atoms with E-state index in [4.69, 9.17) is 18.4 Å². The Morgan fingerprint density at radius 2 is 1.50 bits per heavy atom. The van der Waals surface area contributed by atoms with Crippen molar-refractivity contribution in [3.05, 3.63) is 0 Å². The highest BCUT2D eigenvalue weighted by molar-refractivity contribution is 9.25. The minimum Gasteiger partial charge on any atom is -0.374 e. The van der Waals surface area contributed by atoms with Crippen molar-refractivity contribution in [2.75, 3.05) is 25.6 Å². The van der Waals surface area contributed by atoms with Crippen molar-refractivity contribution in [2.24, 2.45) is 5.14 Å². The van der Waals surface area contributed by atoms with E-state index in [1.54, 1.807) is 19.7 Å². The molecule has 0 bridgehead atoms. The minimum absolute atomic E-state index is 0.647. The molecule has 0 radical (unpaired) electrons. The molecule has 110 valence electrons. The quantitative estimate of drug-likeness (QED) is 0.232. The van der Waals surface area contributed by atoms with Gasteiger partial charge in [-0.2, -0.15) is 0 Å². The molecular weight excluding hydrogens is 326 g/mol. The second-order valence-electron chi connectivity index (χ2n) is 3.14. The van der Waals surface area contributed by atoms with Crippen molar-refractivity contribution in [2.45, 2.75) is 33.2 Å². The molecular formula is C9H23NO3S4Si. The summed E-state index contributed by atoms with van der Waals surface area (Å²) < 4.78 is 17.4. The van der Waals surface area contributed by atoms with E-state index in [1.807, 2.05) is 31.6 Å². The van der Waals surface area contributed by atoms with Crippen LogP contribution in [-0.4, -0.2) is 34.4 Å². The minimum atomic E-state index is -2.42. The van der Waals surface area contributed by atoms with E-state index in [9.17, 15) is 0 Å². The molecule has 2 N–H and O–H groups in total. The van der Waals surface area contributed by atoms with Crippen LogP contribution in [0.2, 0.25) is 6.04 Å². The third-order valence-electron chi connectivity index (χ3n) is 1.92. The van der Waals surface area contributed by atoms with Crippen molar-refractivity contribution in [3.63, 3.8) is 0 Å². The van der Waals surface area contributed by atoms with Gasteiger partial charge >= 0.3 is 8.80 Å². The van der Waals surface area contributed by atoms with Crippen LogP contribution in [0.5, 0.6) is 0 Å². The van der Waals surface area contributed by atoms with Crippen LogP contribution >= 0.6 is 41.4 Å². The van der Waals surface area contributed by atoms with Gasteiger partial charge in [0.2, 0.25) is 0 Å². The van der Waals surface area contributed by atoms with Gasteiger partial charge in [-0.05, 0) is 48.0 Å². The molecule has 0 saturated heterocycles. The van der Waals surface area contributed by atoms with Crippen LogP contribution in [-0.2, 0) is 13.3 Å². The zero-order valence-corrected chi connectivity index (χ0v) is 15.4. The Kier molecular flexibility index (Phi) is 14.5. The molecule has 9 heteroatoms. The maximum absolute atomic E-state index is 5.79. The van der Waals surface area contributed by atoms with Crippen molar-refractivity contribution in [3.8, 4) is 0 Å². The molecule has 0 aliphatic carbocycles. The monoisotopic (exact) mass is 349 g/mol. The van der Waals surface area contributed by atoms with Crippen LogP contribution in [0.3, 0.4) is 0 Å². The Morgan fingerprint density at radius 1 is 0.944 bits per heavy atom.